The number of carbonyl (C=O) groups excluding carboxylic acids is 2. The van der Waals surface area contributed by atoms with Crippen LogP contribution in [0.15, 0.2) is 72.8 Å². The number of hydrogen-bond acceptors (Lipinski definition) is 4. The number of benzene rings is 3. The molecule has 0 fully saturated rings. The molecule has 5 rings (SSSR count). The number of halogens is 1. The molecule has 0 saturated heterocycles. The molecular formula is C28H26ClNO4. The minimum Gasteiger partial charge on any atom is -0.489 e. The van der Waals surface area contributed by atoms with Gasteiger partial charge in [0.2, 0.25) is 0 Å². The van der Waals surface area contributed by atoms with Crippen LogP contribution in [0.25, 0.3) is 11.1 Å². The normalized spacial score (nSPS) is 14.6. The molecule has 2 aliphatic rings. The maximum atomic E-state index is 12.7. The number of rotatable bonds is 6. The Morgan fingerprint density at radius 1 is 1.03 bits per heavy atom. The van der Waals surface area contributed by atoms with Gasteiger partial charge in [-0.1, -0.05) is 48.0 Å². The number of carbonyl (C=O) groups is 2. The van der Waals surface area contributed by atoms with Crippen molar-refractivity contribution in [1.82, 2.24) is 4.90 Å². The number of fused-ring (bicyclic) bond motifs is 1. The van der Waals surface area contributed by atoms with Crippen LogP contribution in [0, 0.1) is 0 Å². The molecule has 3 aromatic carbocycles. The first-order valence-corrected chi connectivity index (χ1v) is 11.5. The summed E-state index contributed by atoms with van der Waals surface area (Å²) in [5, 5.41) is 7.45. The van der Waals surface area contributed by atoms with Crippen LogP contribution in [-0.4, -0.2) is 35.4 Å². The van der Waals surface area contributed by atoms with Gasteiger partial charge in [-0.25, -0.2) is 0 Å². The highest BCUT2D eigenvalue weighted by molar-refractivity contribution is 6.33. The molecule has 0 unspecified atom stereocenters. The summed E-state index contributed by atoms with van der Waals surface area (Å²) in [6.45, 7) is 1.05. The number of ether oxygens (including phenoxy) is 1. The lowest BCUT2D eigenvalue weighted by Gasteiger charge is -2.23. The Bertz CT molecular complexity index is 1230. The summed E-state index contributed by atoms with van der Waals surface area (Å²) in [4.78, 5) is 25.9. The summed E-state index contributed by atoms with van der Waals surface area (Å²) in [7, 11) is 1.00. The van der Waals surface area contributed by atoms with Gasteiger partial charge >= 0.3 is 0 Å². The molecule has 0 aromatic heterocycles. The van der Waals surface area contributed by atoms with Crippen molar-refractivity contribution in [1.29, 1.82) is 0 Å². The van der Waals surface area contributed by atoms with E-state index in [0.29, 0.717) is 23.7 Å². The van der Waals surface area contributed by atoms with Crippen molar-refractivity contribution in [3.63, 3.8) is 0 Å². The highest BCUT2D eigenvalue weighted by atomic mass is 35.5. The maximum Gasteiger partial charge on any atom is 0.254 e. The lowest BCUT2D eigenvalue weighted by atomic mass is 10.0. The number of aliphatic hydroxyl groups excluding tert-OH is 1. The Morgan fingerprint density at radius 3 is 2.56 bits per heavy atom. The standard InChI is InChI=1S/C27H22ClNO3.CH4O/c28-26-11-8-20(13-22(26)16-30)19-5-3-4-18(12-19)17-32-24-9-10-25-21(14-24)15-29(27(25)31)23-6-1-2-7-23;1-2/h1-5,8-14,16,23H,6-7,15,17H2;2H,1H3. The van der Waals surface area contributed by atoms with Crippen molar-refractivity contribution in [2.75, 3.05) is 7.11 Å². The number of amides is 1. The largest absolute Gasteiger partial charge is 0.489 e. The molecule has 6 heteroatoms. The highest BCUT2D eigenvalue weighted by Crippen LogP contribution is 2.32. The van der Waals surface area contributed by atoms with Crippen molar-refractivity contribution in [2.45, 2.75) is 32.0 Å². The second-order valence-corrected chi connectivity index (χ2v) is 8.60. The predicted octanol–water partition coefficient (Wildman–Crippen LogP) is 5.68. The Balaban J connectivity index is 0.00000133. The fourth-order valence-corrected chi connectivity index (χ4v) is 4.54. The van der Waals surface area contributed by atoms with Crippen molar-refractivity contribution in [3.05, 3.63) is 100 Å². The fourth-order valence-electron chi connectivity index (χ4n) is 4.38. The maximum absolute atomic E-state index is 12.7. The Kier molecular flexibility index (Phi) is 7.46. The summed E-state index contributed by atoms with van der Waals surface area (Å²) < 4.78 is 6.05. The molecule has 0 bridgehead atoms. The van der Waals surface area contributed by atoms with E-state index in [4.69, 9.17) is 21.4 Å². The molecule has 5 nitrogen and oxygen atoms in total. The van der Waals surface area contributed by atoms with Crippen LogP contribution < -0.4 is 4.74 Å². The van der Waals surface area contributed by atoms with E-state index < -0.39 is 0 Å². The molecule has 174 valence electrons. The summed E-state index contributed by atoms with van der Waals surface area (Å²) in [5.74, 6) is 0.869. The Hall–Kier alpha value is -3.41. The van der Waals surface area contributed by atoms with Gasteiger partial charge in [0, 0.05) is 30.8 Å². The van der Waals surface area contributed by atoms with Crippen LogP contribution in [0.1, 0.15) is 44.7 Å². The number of nitrogens with zero attached hydrogens (tertiary/aromatic N) is 1. The van der Waals surface area contributed by atoms with E-state index in [9.17, 15) is 9.59 Å². The monoisotopic (exact) mass is 475 g/mol. The zero-order chi connectivity index (χ0) is 24.1. The lowest BCUT2D eigenvalue weighted by Crippen LogP contribution is -2.33. The van der Waals surface area contributed by atoms with E-state index >= 15 is 0 Å². The first kappa shape index (κ1) is 23.7. The van der Waals surface area contributed by atoms with Crippen LogP contribution in [0.2, 0.25) is 5.02 Å². The molecule has 34 heavy (non-hydrogen) atoms. The molecule has 3 aromatic rings. The van der Waals surface area contributed by atoms with Gasteiger partial charge < -0.3 is 14.7 Å². The number of hydrogen-bond donors (Lipinski definition) is 1. The zero-order valence-electron chi connectivity index (χ0n) is 18.9. The van der Waals surface area contributed by atoms with Gasteiger partial charge in [-0.2, -0.15) is 0 Å². The van der Waals surface area contributed by atoms with Gasteiger partial charge in [0.15, 0.2) is 6.29 Å². The third-order valence-electron chi connectivity index (χ3n) is 6.12. The first-order chi connectivity index (χ1) is 16.6. The zero-order valence-corrected chi connectivity index (χ0v) is 19.7. The van der Waals surface area contributed by atoms with E-state index in [1.807, 2.05) is 53.4 Å². The van der Waals surface area contributed by atoms with Gasteiger partial charge in [-0.05, 0) is 71.5 Å². The molecule has 1 N–H and O–H groups in total. The minimum atomic E-state index is 0.116. The molecule has 0 radical (unpaired) electrons. The van der Waals surface area contributed by atoms with Crippen molar-refractivity contribution in [2.24, 2.45) is 0 Å². The van der Waals surface area contributed by atoms with E-state index in [1.165, 1.54) is 0 Å². The Labute approximate surface area is 204 Å². The second kappa shape index (κ2) is 10.7. The summed E-state index contributed by atoms with van der Waals surface area (Å²) in [6.07, 6.45) is 6.92. The fraction of sp³-hybridized carbons (Fsp3) is 0.214. The molecule has 1 heterocycles. The van der Waals surface area contributed by atoms with Gasteiger partial charge in [-0.15, -0.1) is 0 Å². The third kappa shape index (κ3) is 4.91. The van der Waals surface area contributed by atoms with Crippen LogP contribution in [0.3, 0.4) is 0 Å². The smallest absolute Gasteiger partial charge is 0.254 e. The first-order valence-electron chi connectivity index (χ1n) is 11.1. The molecule has 1 aliphatic carbocycles. The predicted molar refractivity (Wildman–Crippen MR) is 133 cm³/mol. The lowest BCUT2D eigenvalue weighted by molar-refractivity contribution is 0.0711. The van der Waals surface area contributed by atoms with Crippen molar-refractivity contribution in [3.8, 4) is 16.9 Å². The summed E-state index contributed by atoms with van der Waals surface area (Å²) >= 11 is 6.05. The van der Waals surface area contributed by atoms with E-state index in [1.54, 1.807) is 12.1 Å². The van der Waals surface area contributed by atoms with Crippen LogP contribution in [0.5, 0.6) is 5.75 Å². The minimum absolute atomic E-state index is 0.116. The molecule has 1 amide bonds. The van der Waals surface area contributed by atoms with Crippen LogP contribution in [-0.2, 0) is 13.2 Å². The van der Waals surface area contributed by atoms with Crippen molar-refractivity contribution >= 4 is 23.8 Å². The van der Waals surface area contributed by atoms with Gasteiger partial charge in [-0.3, -0.25) is 9.59 Å². The second-order valence-electron chi connectivity index (χ2n) is 8.19. The van der Waals surface area contributed by atoms with Crippen LogP contribution in [0.4, 0.5) is 0 Å². The van der Waals surface area contributed by atoms with E-state index in [2.05, 4.69) is 12.2 Å². The number of aldehydes is 1. The summed E-state index contributed by atoms with van der Waals surface area (Å²) in [6, 6.07) is 19.4. The average Bonchev–Trinajstić information content (AvgIpc) is 3.52. The summed E-state index contributed by atoms with van der Waals surface area (Å²) in [5.41, 5.74) is 5.21. The number of aliphatic hydroxyl groups is 1. The third-order valence-corrected chi connectivity index (χ3v) is 6.47. The molecule has 0 saturated carbocycles. The quantitative estimate of drug-likeness (QED) is 0.368. The van der Waals surface area contributed by atoms with Gasteiger partial charge in [0.05, 0.1) is 5.02 Å². The van der Waals surface area contributed by atoms with E-state index in [0.717, 1.165) is 59.8 Å². The van der Waals surface area contributed by atoms with Crippen LogP contribution >= 0.6 is 11.6 Å². The molecule has 0 spiro atoms. The molecular weight excluding hydrogens is 450 g/mol. The molecule has 0 atom stereocenters. The topological polar surface area (TPSA) is 66.8 Å². The van der Waals surface area contributed by atoms with Crippen molar-refractivity contribution < 1.29 is 19.4 Å². The average molecular weight is 476 g/mol. The van der Waals surface area contributed by atoms with Gasteiger partial charge in [0.1, 0.15) is 12.4 Å². The molecule has 1 aliphatic heterocycles. The highest BCUT2D eigenvalue weighted by Gasteiger charge is 2.32. The Morgan fingerprint density at radius 2 is 1.79 bits per heavy atom. The van der Waals surface area contributed by atoms with E-state index in [-0.39, 0.29) is 11.9 Å². The SMILES string of the molecule is CO.O=Cc1cc(-c2cccc(COc3ccc4c(c3)CN(C3CC=CC3)C4=O)c2)ccc1Cl. The van der Waals surface area contributed by atoms with Gasteiger partial charge in [0.25, 0.3) is 5.91 Å².